The fourth-order valence-electron chi connectivity index (χ4n) is 2.25. The summed E-state index contributed by atoms with van der Waals surface area (Å²) in [5.41, 5.74) is 0. The Morgan fingerprint density at radius 3 is 2.88 bits per heavy atom. The number of rotatable bonds is 5. The van der Waals surface area contributed by atoms with Crippen molar-refractivity contribution in [3.05, 3.63) is 0 Å². The number of piperidine rings is 1. The lowest BCUT2D eigenvalue weighted by Crippen LogP contribution is -2.51. The van der Waals surface area contributed by atoms with Crippen LogP contribution in [0.5, 0.6) is 0 Å². The second-order valence-electron chi connectivity index (χ2n) is 4.16. The summed E-state index contributed by atoms with van der Waals surface area (Å²) in [6, 6.07) is 0.598. The largest absolute Gasteiger partial charge is 0.354 e. The highest BCUT2D eigenvalue weighted by molar-refractivity contribution is 5.73. The van der Waals surface area contributed by atoms with Gasteiger partial charge in [0.15, 0.2) is 0 Å². The Balaban J connectivity index is 2.44. The molecule has 0 spiro atoms. The quantitative estimate of drug-likeness (QED) is 0.553. The van der Waals surface area contributed by atoms with Crippen molar-refractivity contribution in [2.75, 3.05) is 26.8 Å². The third-order valence-corrected chi connectivity index (χ3v) is 3.03. The average molecular weight is 230 g/mol. The lowest BCUT2D eigenvalue weighted by atomic mass is 9.97. The fraction of sp³-hybridized carbons (Fsp3) is 0.909. The van der Waals surface area contributed by atoms with E-state index in [-0.39, 0.29) is 11.9 Å². The molecule has 0 aromatic rings. The molecule has 1 aliphatic rings. The van der Waals surface area contributed by atoms with Gasteiger partial charge in [0.2, 0.25) is 5.91 Å². The number of amides is 1. The Hall–Kier alpha value is -0.650. The van der Waals surface area contributed by atoms with Gasteiger partial charge in [-0.2, -0.15) is 0 Å². The zero-order valence-corrected chi connectivity index (χ0v) is 10.4. The maximum Gasteiger partial charge on any atom is 0.217 e. The predicted octanol–water partition coefficient (Wildman–Crippen LogP) is 0.553. The highest BCUT2D eigenvalue weighted by Crippen LogP contribution is 2.17. The normalized spacial score (nSPS) is 26.7. The molecular weight excluding hydrogens is 208 g/mol. The second-order valence-corrected chi connectivity index (χ2v) is 4.16. The van der Waals surface area contributed by atoms with Crippen molar-refractivity contribution in [1.29, 1.82) is 0 Å². The van der Waals surface area contributed by atoms with Crippen molar-refractivity contribution in [2.24, 2.45) is 0 Å². The molecule has 1 fully saturated rings. The molecule has 0 radical (unpaired) electrons. The number of carbonyl (C=O) groups excluding carboxylic acids is 1. The van der Waals surface area contributed by atoms with Crippen molar-refractivity contribution >= 4 is 5.91 Å². The van der Waals surface area contributed by atoms with Crippen molar-refractivity contribution in [2.45, 2.75) is 38.8 Å². The summed E-state index contributed by atoms with van der Waals surface area (Å²) in [5, 5.41) is 2.97. The van der Waals surface area contributed by atoms with Crippen LogP contribution >= 0.6 is 0 Å². The Bertz CT molecular complexity index is 223. The maximum atomic E-state index is 11.0. The van der Waals surface area contributed by atoms with E-state index in [4.69, 9.17) is 4.89 Å². The molecule has 5 nitrogen and oxygen atoms in total. The topological polar surface area (TPSA) is 50.8 Å². The summed E-state index contributed by atoms with van der Waals surface area (Å²) in [5.74, 6) is 0.0429. The van der Waals surface area contributed by atoms with E-state index in [1.54, 1.807) is 6.92 Å². The number of likely N-dealkylation sites (N-methyl/N-ethyl adjacent to an activating group) is 1. The third-order valence-electron chi connectivity index (χ3n) is 3.03. The van der Waals surface area contributed by atoms with Crippen LogP contribution in [0.4, 0.5) is 0 Å². The Morgan fingerprint density at radius 1 is 1.56 bits per heavy atom. The van der Waals surface area contributed by atoms with Crippen molar-refractivity contribution in [3.8, 4) is 0 Å². The Kier molecular flexibility index (Phi) is 5.73. The number of nitrogens with zero attached hydrogens (tertiary/aromatic N) is 1. The van der Waals surface area contributed by atoms with Crippen molar-refractivity contribution < 1.29 is 14.6 Å². The molecule has 1 saturated heterocycles. The van der Waals surface area contributed by atoms with Gasteiger partial charge in [0.05, 0.1) is 13.7 Å². The Labute approximate surface area is 97.0 Å². The van der Waals surface area contributed by atoms with Gasteiger partial charge in [0.25, 0.3) is 0 Å². The molecule has 0 bridgehead atoms. The standard InChI is InChI=1S/C11H22N2O3/c1-4-13-6-5-10(12-9(2)14)7-11(13)8-16-15-3/h10-11H,4-8H2,1-3H3,(H,12,14). The highest BCUT2D eigenvalue weighted by Gasteiger charge is 2.28. The van der Waals surface area contributed by atoms with Gasteiger partial charge in [-0.15, -0.1) is 0 Å². The maximum absolute atomic E-state index is 11.0. The number of hydrogen-bond donors (Lipinski definition) is 1. The molecule has 0 saturated carbocycles. The first-order valence-corrected chi connectivity index (χ1v) is 5.84. The molecule has 16 heavy (non-hydrogen) atoms. The fourth-order valence-corrected chi connectivity index (χ4v) is 2.25. The van der Waals surface area contributed by atoms with E-state index in [2.05, 4.69) is 22.0 Å². The predicted molar refractivity (Wildman–Crippen MR) is 60.8 cm³/mol. The molecule has 2 unspecified atom stereocenters. The average Bonchev–Trinajstić information content (AvgIpc) is 2.25. The molecule has 0 aromatic carbocycles. The SMILES string of the molecule is CCN1CCC(NC(C)=O)CC1COOC. The summed E-state index contributed by atoms with van der Waals surface area (Å²) in [6.07, 6.45) is 1.94. The van der Waals surface area contributed by atoms with Crippen LogP contribution in [0, 0.1) is 0 Å². The number of hydrogen-bond acceptors (Lipinski definition) is 4. The van der Waals surface area contributed by atoms with Crippen LogP contribution in [0.15, 0.2) is 0 Å². The minimum absolute atomic E-state index is 0.0429. The summed E-state index contributed by atoms with van der Waals surface area (Å²) in [4.78, 5) is 23.0. The molecule has 94 valence electrons. The van der Waals surface area contributed by atoms with E-state index in [1.165, 1.54) is 7.11 Å². The molecule has 1 rings (SSSR count). The zero-order valence-electron chi connectivity index (χ0n) is 10.4. The van der Waals surface area contributed by atoms with Crippen molar-refractivity contribution in [3.63, 3.8) is 0 Å². The van der Waals surface area contributed by atoms with Crippen LogP contribution in [-0.4, -0.2) is 49.7 Å². The van der Waals surface area contributed by atoms with E-state index >= 15 is 0 Å². The summed E-state index contributed by atoms with van der Waals surface area (Å²) >= 11 is 0. The number of nitrogens with one attached hydrogen (secondary N) is 1. The Morgan fingerprint density at radius 2 is 2.31 bits per heavy atom. The first-order chi connectivity index (χ1) is 7.67. The zero-order chi connectivity index (χ0) is 12.0. The van der Waals surface area contributed by atoms with Crippen molar-refractivity contribution in [1.82, 2.24) is 10.2 Å². The van der Waals surface area contributed by atoms with Gasteiger partial charge in [-0.1, -0.05) is 6.92 Å². The molecule has 1 amide bonds. The van der Waals surface area contributed by atoms with Gasteiger partial charge >= 0.3 is 0 Å². The molecule has 5 heteroatoms. The van der Waals surface area contributed by atoms with Crippen LogP contribution in [-0.2, 0) is 14.6 Å². The summed E-state index contributed by atoms with van der Waals surface area (Å²) < 4.78 is 0. The highest BCUT2D eigenvalue weighted by atomic mass is 17.2. The van der Waals surface area contributed by atoms with Gasteiger partial charge in [-0.25, -0.2) is 9.78 Å². The van der Waals surface area contributed by atoms with Crippen LogP contribution < -0.4 is 5.32 Å². The van der Waals surface area contributed by atoms with Crippen LogP contribution in [0.25, 0.3) is 0 Å². The number of carbonyl (C=O) groups is 1. The van der Waals surface area contributed by atoms with Gasteiger partial charge in [-0.05, 0) is 19.4 Å². The smallest absolute Gasteiger partial charge is 0.217 e. The number of likely N-dealkylation sites (tertiary alicyclic amines) is 1. The molecule has 0 aromatic heterocycles. The third kappa shape index (κ3) is 4.08. The lowest BCUT2D eigenvalue weighted by Gasteiger charge is -2.38. The van der Waals surface area contributed by atoms with E-state index in [0.717, 1.165) is 25.9 Å². The molecule has 0 aliphatic carbocycles. The molecule has 1 heterocycles. The van der Waals surface area contributed by atoms with E-state index in [1.807, 2.05) is 0 Å². The molecule has 2 atom stereocenters. The molecular formula is C11H22N2O3. The van der Waals surface area contributed by atoms with E-state index < -0.39 is 0 Å². The molecule has 1 aliphatic heterocycles. The molecule has 1 N–H and O–H groups in total. The summed E-state index contributed by atoms with van der Waals surface area (Å²) in [6.45, 7) is 6.26. The van der Waals surface area contributed by atoms with Crippen LogP contribution in [0.2, 0.25) is 0 Å². The second kappa shape index (κ2) is 6.83. The first kappa shape index (κ1) is 13.4. The van der Waals surface area contributed by atoms with E-state index in [0.29, 0.717) is 12.6 Å². The van der Waals surface area contributed by atoms with E-state index in [9.17, 15) is 4.79 Å². The minimum atomic E-state index is 0.0429. The first-order valence-electron chi connectivity index (χ1n) is 5.84. The summed E-state index contributed by atoms with van der Waals surface area (Å²) in [7, 11) is 1.52. The van der Waals surface area contributed by atoms with Gasteiger partial charge in [0.1, 0.15) is 0 Å². The van der Waals surface area contributed by atoms with Crippen LogP contribution in [0.3, 0.4) is 0 Å². The van der Waals surface area contributed by atoms with Gasteiger partial charge in [0, 0.05) is 25.6 Å². The minimum Gasteiger partial charge on any atom is -0.354 e. The van der Waals surface area contributed by atoms with Crippen LogP contribution in [0.1, 0.15) is 26.7 Å². The van der Waals surface area contributed by atoms with Gasteiger partial charge < -0.3 is 5.32 Å². The lowest BCUT2D eigenvalue weighted by molar-refractivity contribution is -0.281. The monoisotopic (exact) mass is 230 g/mol. The van der Waals surface area contributed by atoms with Gasteiger partial charge in [-0.3, -0.25) is 9.69 Å².